The summed E-state index contributed by atoms with van der Waals surface area (Å²) in [6.45, 7) is 2.19. The number of aliphatic carboxylic acids is 1. The molecule has 1 fully saturated rings. The van der Waals surface area contributed by atoms with Crippen molar-refractivity contribution in [3.05, 3.63) is 0 Å². The van der Waals surface area contributed by atoms with E-state index in [0.29, 0.717) is 25.2 Å². The van der Waals surface area contributed by atoms with Crippen LogP contribution in [0.2, 0.25) is 0 Å². The monoisotopic (exact) mass is 328 g/mol. The molecule has 2 N–H and O–H groups in total. The van der Waals surface area contributed by atoms with Crippen LogP contribution in [0, 0.1) is 47.4 Å². The van der Waals surface area contributed by atoms with Crippen molar-refractivity contribution in [2.45, 2.75) is 77.2 Å². The average Bonchev–Trinajstić information content (AvgIpc) is 3.32. The SMILES string of the molecule is CCCCCC#CC[C@H]1C[C@H]1[C@@H](O)C#CCC#CCCCC(=O)O. The highest BCUT2D eigenvalue weighted by Crippen LogP contribution is 2.43. The molecular weight excluding hydrogens is 300 g/mol. The lowest BCUT2D eigenvalue weighted by molar-refractivity contribution is -0.137. The molecule has 0 aromatic carbocycles. The number of hydrogen-bond acceptors (Lipinski definition) is 2. The van der Waals surface area contributed by atoms with Crippen LogP contribution in [0.4, 0.5) is 0 Å². The molecule has 1 aliphatic rings. The van der Waals surface area contributed by atoms with Crippen molar-refractivity contribution in [3.63, 3.8) is 0 Å². The number of carboxylic acids is 1. The molecule has 0 bridgehead atoms. The van der Waals surface area contributed by atoms with Crippen LogP contribution in [-0.2, 0) is 4.79 Å². The second-order valence-electron chi connectivity index (χ2n) is 6.22. The fourth-order valence-corrected chi connectivity index (χ4v) is 2.43. The maximum atomic E-state index is 10.3. The van der Waals surface area contributed by atoms with E-state index in [1.807, 2.05) is 0 Å². The van der Waals surface area contributed by atoms with E-state index in [-0.39, 0.29) is 12.3 Å². The Morgan fingerprint density at radius 3 is 2.58 bits per heavy atom. The predicted octanol–water partition coefficient (Wildman–Crippen LogP) is 3.61. The Hall–Kier alpha value is -1.89. The lowest BCUT2D eigenvalue weighted by Gasteiger charge is -1.99. The Bertz CT molecular complexity index is 559. The zero-order valence-electron chi connectivity index (χ0n) is 14.6. The minimum atomic E-state index is -0.788. The molecule has 0 amide bonds. The highest BCUT2D eigenvalue weighted by molar-refractivity contribution is 5.66. The van der Waals surface area contributed by atoms with Crippen LogP contribution in [0.1, 0.15) is 71.1 Å². The van der Waals surface area contributed by atoms with Crippen molar-refractivity contribution in [1.29, 1.82) is 0 Å². The summed E-state index contributed by atoms with van der Waals surface area (Å²) in [5.74, 6) is 18.0. The van der Waals surface area contributed by atoms with E-state index in [1.165, 1.54) is 19.3 Å². The van der Waals surface area contributed by atoms with Gasteiger partial charge in [-0.05, 0) is 25.2 Å². The fraction of sp³-hybridized carbons (Fsp3) is 0.667. The topological polar surface area (TPSA) is 57.5 Å². The second-order valence-corrected chi connectivity index (χ2v) is 6.22. The molecule has 3 atom stereocenters. The Morgan fingerprint density at radius 1 is 1.08 bits per heavy atom. The van der Waals surface area contributed by atoms with Gasteiger partial charge in [0.2, 0.25) is 0 Å². The summed E-state index contributed by atoms with van der Waals surface area (Å²) >= 11 is 0. The first-order chi connectivity index (χ1) is 11.6. The second kappa shape index (κ2) is 12.5. The first-order valence-corrected chi connectivity index (χ1v) is 8.94. The van der Waals surface area contributed by atoms with Gasteiger partial charge in [-0.3, -0.25) is 4.79 Å². The molecule has 0 unspecified atom stereocenters. The van der Waals surface area contributed by atoms with E-state index < -0.39 is 12.1 Å². The van der Waals surface area contributed by atoms with Crippen LogP contribution in [0.15, 0.2) is 0 Å². The first kappa shape index (κ1) is 20.2. The van der Waals surface area contributed by atoms with Crippen molar-refractivity contribution in [3.8, 4) is 35.5 Å². The Balaban J connectivity index is 2.11. The van der Waals surface area contributed by atoms with Crippen LogP contribution >= 0.6 is 0 Å². The van der Waals surface area contributed by atoms with Crippen LogP contribution in [0.3, 0.4) is 0 Å². The molecule has 1 rings (SSSR count). The number of aliphatic hydroxyl groups is 1. The summed E-state index contributed by atoms with van der Waals surface area (Å²) in [6, 6.07) is 0. The van der Waals surface area contributed by atoms with E-state index in [0.717, 1.165) is 19.3 Å². The smallest absolute Gasteiger partial charge is 0.303 e. The van der Waals surface area contributed by atoms with Gasteiger partial charge in [0.05, 0.1) is 6.42 Å². The highest BCUT2D eigenvalue weighted by atomic mass is 16.4. The zero-order valence-corrected chi connectivity index (χ0v) is 14.6. The molecule has 3 nitrogen and oxygen atoms in total. The molecule has 0 spiro atoms. The number of carbonyl (C=O) groups is 1. The van der Waals surface area contributed by atoms with Gasteiger partial charge < -0.3 is 10.2 Å². The van der Waals surface area contributed by atoms with Crippen LogP contribution in [0.25, 0.3) is 0 Å². The van der Waals surface area contributed by atoms with Gasteiger partial charge in [0.1, 0.15) is 6.10 Å². The van der Waals surface area contributed by atoms with E-state index in [9.17, 15) is 9.90 Å². The third kappa shape index (κ3) is 9.99. The number of carboxylic acid groups (broad SMARTS) is 1. The van der Waals surface area contributed by atoms with Crippen molar-refractivity contribution in [2.24, 2.45) is 11.8 Å². The molecule has 0 radical (unpaired) electrons. The fourth-order valence-electron chi connectivity index (χ4n) is 2.43. The normalized spacial score (nSPS) is 18.9. The van der Waals surface area contributed by atoms with Gasteiger partial charge in [-0.25, -0.2) is 0 Å². The maximum absolute atomic E-state index is 10.3. The molecule has 3 heteroatoms. The lowest BCUT2D eigenvalue weighted by Crippen LogP contribution is -2.07. The first-order valence-electron chi connectivity index (χ1n) is 8.94. The standard InChI is InChI=1S/C21H28O3/c1-2-3-4-5-8-11-14-18-17-19(18)20(22)15-12-9-6-7-10-13-16-21(23)24/h18-20,22H,2-5,9-10,13-14,16-17H2,1H3,(H,23,24)/t18-,19+,20-/m0/s1. The quantitative estimate of drug-likeness (QED) is 0.528. The summed E-state index contributed by atoms with van der Waals surface area (Å²) in [5.41, 5.74) is 0. The Morgan fingerprint density at radius 2 is 1.83 bits per heavy atom. The van der Waals surface area contributed by atoms with E-state index in [1.54, 1.807) is 0 Å². The van der Waals surface area contributed by atoms with Crippen LogP contribution in [0.5, 0.6) is 0 Å². The molecule has 0 aliphatic heterocycles. The van der Waals surface area contributed by atoms with Gasteiger partial charge in [0.25, 0.3) is 0 Å². The molecule has 0 aromatic heterocycles. The van der Waals surface area contributed by atoms with Gasteiger partial charge in [-0.15, -0.1) is 17.8 Å². The minimum Gasteiger partial charge on any atom is -0.481 e. The highest BCUT2D eigenvalue weighted by Gasteiger charge is 2.40. The Labute approximate surface area is 146 Å². The van der Waals surface area contributed by atoms with Gasteiger partial charge in [-0.2, -0.15) is 0 Å². The maximum Gasteiger partial charge on any atom is 0.303 e. The van der Waals surface area contributed by atoms with E-state index in [4.69, 9.17) is 5.11 Å². The molecular formula is C21H28O3. The summed E-state index contributed by atoms with van der Waals surface area (Å²) in [4.78, 5) is 10.3. The predicted molar refractivity (Wildman–Crippen MR) is 95.8 cm³/mol. The number of unbranched alkanes of at least 4 members (excludes halogenated alkanes) is 4. The average molecular weight is 328 g/mol. The molecule has 1 saturated carbocycles. The van der Waals surface area contributed by atoms with Gasteiger partial charge >= 0.3 is 5.97 Å². The zero-order chi connectivity index (χ0) is 17.6. The Kier molecular flexibility index (Phi) is 10.5. The lowest BCUT2D eigenvalue weighted by atomic mass is 10.1. The van der Waals surface area contributed by atoms with Crippen LogP contribution < -0.4 is 0 Å². The third-order valence-corrected chi connectivity index (χ3v) is 4.02. The van der Waals surface area contributed by atoms with E-state index in [2.05, 4.69) is 42.4 Å². The van der Waals surface area contributed by atoms with Crippen molar-refractivity contribution in [1.82, 2.24) is 0 Å². The van der Waals surface area contributed by atoms with Crippen molar-refractivity contribution >= 4 is 5.97 Å². The summed E-state index contributed by atoms with van der Waals surface area (Å²) in [5, 5.41) is 18.5. The van der Waals surface area contributed by atoms with Gasteiger partial charge in [0, 0.05) is 31.6 Å². The molecule has 0 aromatic rings. The van der Waals surface area contributed by atoms with Crippen molar-refractivity contribution in [2.75, 3.05) is 0 Å². The molecule has 24 heavy (non-hydrogen) atoms. The minimum absolute atomic E-state index is 0.156. The molecule has 0 heterocycles. The van der Waals surface area contributed by atoms with Crippen molar-refractivity contribution < 1.29 is 15.0 Å². The largest absolute Gasteiger partial charge is 0.481 e. The summed E-state index contributed by atoms with van der Waals surface area (Å²) in [7, 11) is 0. The molecule has 1 aliphatic carbocycles. The van der Waals surface area contributed by atoms with Gasteiger partial charge in [0.15, 0.2) is 0 Å². The van der Waals surface area contributed by atoms with Crippen LogP contribution in [-0.4, -0.2) is 22.3 Å². The molecule has 0 saturated heterocycles. The third-order valence-electron chi connectivity index (χ3n) is 4.02. The number of rotatable bonds is 8. The molecule has 130 valence electrons. The summed E-state index contributed by atoms with van der Waals surface area (Å²) < 4.78 is 0. The number of hydrogen-bond donors (Lipinski definition) is 2. The van der Waals surface area contributed by atoms with E-state index >= 15 is 0 Å². The van der Waals surface area contributed by atoms with Gasteiger partial charge in [-0.1, -0.05) is 37.5 Å². The number of aliphatic hydroxyl groups excluding tert-OH is 1. The summed E-state index contributed by atoms with van der Waals surface area (Å²) in [6.07, 6.45) is 7.70.